The monoisotopic (exact) mass is 707 g/mol. The number of nitrogens with one attached hydrogen (secondary N) is 2. The van der Waals surface area contributed by atoms with Gasteiger partial charge in [0.2, 0.25) is 10.0 Å². The van der Waals surface area contributed by atoms with Gasteiger partial charge in [0, 0.05) is 63.4 Å². The molecule has 1 fully saturated rings. The van der Waals surface area contributed by atoms with Crippen molar-refractivity contribution in [1.82, 2.24) is 28.4 Å². The van der Waals surface area contributed by atoms with Crippen LogP contribution in [0.5, 0.6) is 0 Å². The number of carbonyl (C=O) groups is 1. The average molecular weight is 708 g/mol. The largest absolute Gasteiger partial charge is 0.350 e. The molecule has 0 spiro atoms. The number of hydrogen-bond donors (Lipinski definition) is 2. The Morgan fingerprint density at radius 3 is 2.51 bits per heavy atom. The molecule has 1 amide bonds. The van der Waals surface area contributed by atoms with Crippen molar-refractivity contribution in [2.45, 2.75) is 32.7 Å². The van der Waals surface area contributed by atoms with Gasteiger partial charge in [0.25, 0.3) is 5.91 Å². The van der Waals surface area contributed by atoms with E-state index in [2.05, 4.69) is 43.5 Å². The number of benzene rings is 2. The molecule has 0 aliphatic carbocycles. The van der Waals surface area contributed by atoms with E-state index in [1.165, 1.54) is 22.7 Å². The summed E-state index contributed by atoms with van der Waals surface area (Å²) in [4.78, 5) is 20.2. The molecule has 2 aromatic carbocycles. The van der Waals surface area contributed by atoms with Crippen LogP contribution >= 0.6 is 0 Å². The molecule has 0 saturated carbocycles. The fraction of sp³-hybridized carbons (Fsp3) is 0.297. The maximum atomic E-state index is 15.3. The molecule has 6 rings (SSSR count). The van der Waals surface area contributed by atoms with Gasteiger partial charge in [-0.1, -0.05) is 12.0 Å². The van der Waals surface area contributed by atoms with E-state index < -0.39 is 27.2 Å². The summed E-state index contributed by atoms with van der Waals surface area (Å²) in [6.45, 7) is 7.72. The summed E-state index contributed by atoms with van der Waals surface area (Å²) >= 11 is 0. The van der Waals surface area contributed by atoms with E-state index in [4.69, 9.17) is 0 Å². The van der Waals surface area contributed by atoms with Crippen molar-refractivity contribution in [3.63, 3.8) is 0 Å². The van der Waals surface area contributed by atoms with Crippen molar-refractivity contribution in [1.29, 1.82) is 5.26 Å². The molecule has 0 atom stereocenters. The molecular formula is C37H38FN9O3S. The maximum Gasteiger partial charge on any atom is 0.258 e. The summed E-state index contributed by atoms with van der Waals surface area (Å²) in [6, 6.07) is 14.2. The Morgan fingerprint density at radius 2 is 1.82 bits per heavy atom. The minimum atomic E-state index is -3.26. The van der Waals surface area contributed by atoms with E-state index in [1.54, 1.807) is 50.0 Å². The van der Waals surface area contributed by atoms with Crippen molar-refractivity contribution in [3.05, 3.63) is 107 Å². The zero-order valence-electron chi connectivity index (χ0n) is 29.0. The van der Waals surface area contributed by atoms with Crippen LogP contribution in [0.1, 0.15) is 52.2 Å². The highest BCUT2D eigenvalue weighted by Crippen LogP contribution is 2.31. The number of nitriles is 1. The molecule has 3 aromatic heterocycles. The summed E-state index contributed by atoms with van der Waals surface area (Å²) in [5.41, 5.74) is 4.89. The van der Waals surface area contributed by atoms with Crippen LogP contribution in [0.2, 0.25) is 0 Å². The summed E-state index contributed by atoms with van der Waals surface area (Å²) in [5.74, 6) is 4.88. The number of nitrogens with zero attached hydrogens (tertiary/aromatic N) is 7. The van der Waals surface area contributed by atoms with Crippen molar-refractivity contribution in [2.75, 3.05) is 43.1 Å². The fourth-order valence-corrected chi connectivity index (χ4v) is 6.87. The minimum absolute atomic E-state index is 0.167. The lowest BCUT2D eigenvalue weighted by Gasteiger charge is -2.34. The summed E-state index contributed by atoms with van der Waals surface area (Å²) in [5, 5.41) is 20.3. The van der Waals surface area contributed by atoms with Crippen LogP contribution in [0.15, 0.2) is 67.3 Å². The Hall–Kier alpha value is -5.54. The van der Waals surface area contributed by atoms with Crippen LogP contribution in [0, 0.1) is 35.9 Å². The second-order valence-electron chi connectivity index (χ2n) is 13.2. The number of pyridine rings is 1. The van der Waals surface area contributed by atoms with Crippen LogP contribution < -0.4 is 10.6 Å². The third-order valence-corrected chi connectivity index (χ3v) is 10.2. The first-order chi connectivity index (χ1) is 24.2. The third kappa shape index (κ3) is 7.79. The topological polar surface area (TPSA) is 141 Å². The number of hydrogen-bond acceptors (Lipinski definition) is 8. The van der Waals surface area contributed by atoms with E-state index in [-0.39, 0.29) is 5.56 Å². The van der Waals surface area contributed by atoms with Gasteiger partial charge in [-0.25, -0.2) is 17.8 Å². The van der Waals surface area contributed by atoms with Crippen LogP contribution in [0.3, 0.4) is 0 Å². The first-order valence-electron chi connectivity index (χ1n) is 16.3. The summed E-state index contributed by atoms with van der Waals surface area (Å²) < 4.78 is 44.1. The molecule has 14 heteroatoms. The Balaban J connectivity index is 1.22. The molecule has 4 heterocycles. The number of amides is 1. The minimum Gasteiger partial charge on any atom is -0.350 e. The number of anilines is 3. The predicted octanol–water partition coefficient (Wildman–Crippen LogP) is 4.79. The fourth-order valence-electron chi connectivity index (χ4n) is 6.05. The van der Waals surface area contributed by atoms with Crippen LogP contribution in [0.4, 0.5) is 21.5 Å². The molecule has 0 unspecified atom stereocenters. The number of carbonyl (C=O) groups excluding carboxylic acids is 1. The number of imidazole rings is 1. The Morgan fingerprint density at radius 1 is 1.06 bits per heavy atom. The second-order valence-corrected chi connectivity index (χ2v) is 15.2. The normalized spacial score (nSPS) is 14.1. The van der Waals surface area contributed by atoms with Gasteiger partial charge >= 0.3 is 0 Å². The molecule has 0 radical (unpaired) electrons. The third-order valence-electron chi connectivity index (χ3n) is 8.92. The second kappa shape index (κ2) is 14.0. The van der Waals surface area contributed by atoms with E-state index in [0.29, 0.717) is 60.9 Å². The number of aromatic nitrogens is 4. The Kier molecular flexibility index (Phi) is 9.68. The van der Waals surface area contributed by atoms with Gasteiger partial charge < -0.3 is 10.6 Å². The molecule has 1 aliphatic heterocycles. The average Bonchev–Trinajstić information content (AvgIpc) is 3.70. The SMILES string of the molecule is Cc1cc(F)c(C(=O)Nc2ccc(CN3CCN(S(C)(=O)=O)CC3)c(C(C)(C)C#N)c2)cc1C#Cc1cnc2c(Nc3cnn(C)c3)cccn12. The van der Waals surface area contributed by atoms with Crippen molar-refractivity contribution in [2.24, 2.45) is 7.05 Å². The first-order valence-corrected chi connectivity index (χ1v) is 18.1. The first kappa shape index (κ1) is 35.3. The van der Waals surface area contributed by atoms with Gasteiger partial charge in [0.1, 0.15) is 11.5 Å². The maximum absolute atomic E-state index is 15.3. The molecule has 1 aliphatic rings. The molecule has 12 nitrogen and oxygen atoms in total. The van der Waals surface area contributed by atoms with Gasteiger partial charge in [-0.2, -0.15) is 14.7 Å². The number of piperazine rings is 1. The van der Waals surface area contributed by atoms with Gasteiger partial charge in [-0.15, -0.1) is 0 Å². The predicted molar refractivity (Wildman–Crippen MR) is 194 cm³/mol. The highest BCUT2D eigenvalue weighted by Gasteiger charge is 2.28. The van der Waals surface area contributed by atoms with Gasteiger partial charge in [-0.05, 0) is 79.8 Å². The lowest BCUT2D eigenvalue weighted by molar-refractivity contribution is 0.102. The van der Waals surface area contributed by atoms with Crippen molar-refractivity contribution >= 4 is 38.6 Å². The number of rotatable bonds is 8. The lowest BCUT2D eigenvalue weighted by atomic mass is 9.82. The van der Waals surface area contributed by atoms with E-state index in [1.807, 2.05) is 42.0 Å². The number of sulfonamides is 1. The highest BCUT2D eigenvalue weighted by molar-refractivity contribution is 7.88. The number of fused-ring (bicyclic) bond motifs is 1. The summed E-state index contributed by atoms with van der Waals surface area (Å²) in [6.07, 6.45) is 8.29. The van der Waals surface area contributed by atoms with Crippen LogP contribution in [-0.2, 0) is 29.0 Å². The molecule has 5 aromatic rings. The summed E-state index contributed by atoms with van der Waals surface area (Å²) in [7, 11) is -1.42. The van der Waals surface area contributed by atoms with E-state index in [0.717, 1.165) is 22.5 Å². The molecular weight excluding hydrogens is 670 g/mol. The zero-order chi connectivity index (χ0) is 36.5. The zero-order valence-corrected chi connectivity index (χ0v) is 29.8. The molecule has 1 saturated heterocycles. The number of halogens is 1. The van der Waals surface area contributed by atoms with E-state index >= 15 is 4.39 Å². The molecule has 0 bridgehead atoms. The van der Waals surface area contributed by atoms with E-state index in [9.17, 15) is 18.5 Å². The van der Waals surface area contributed by atoms with Crippen LogP contribution in [-0.4, -0.2) is 75.1 Å². The quantitative estimate of drug-likeness (QED) is 0.220. The Labute approximate surface area is 296 Å². The molecule has 2 N–H and O–H groups in total. The van der Waals surface area contributed by atoms with Crippen LogP contribution in [0.25, 0.3) is 5.65 Å². The lowest BCUT2D eigenvalue weighted by Crippen LogP contribution is -2.48. The number of aryl methyl sites for hydroxylation is 2. The van der Waals surface area contributed by atoms with Gasteiger partial charge in [0.15, 0.2) is 5.65 Å². The molecule has 262 valence electrons. The van der Waals surface area contributed by atoms with Gasteiger partial charge in [0.05, 0.1) is 47.1 Å². The van der Waals surface area contributed by atoms with Crippen molar-refractivity contribution in [3.8, 4) is 17.9 Å². The van der Waals surface area contributed by atoms with Crippen molar-refractivity contribution < 1.29 is 17.6 Å². The smallest absolute Gasteiger partial charge is 0.258 e. The highest BCUT2D eigenvalue weighted by atomic mass is 32.2. The van der Waals surface area contributed by atoms with Gasteiger partial charge in [-0.3, -0.25) is 18.8 Å². The molecule has 51 heavy (non-hydrogen) atoms. The Bertz CT molecular complexity index is 2360. The standard InChI is InChI=1S/C37H38FN9O3S/c1-25-17-33(38)31(18-26(25)9-11-30-21-40-35-34(7-6-12-47(30)35)42-29-20-41-44(4)23-29)36(48)43-28-10-8-27(32(19-28)37(2,3)24-39)22-45-13-15-46(16-14-45)51(5,49)50/h6-8,10,12,17-21,23,42H,13-16,22H2,1-5H3,(H,43,48).